The number of carbonyl (C=O) groups excluding carboxylic acids is 6. The number of carbonyl (C=O) groups is 6. The van der Waals surface area contributed by atoms with Crippen LogP contribution in [0.15, 0.2) is 4.99 Å². The number of nitrogens with zero attached hydrogens (tertiary/aromatic N) is 2. The molecule has 1 rings (SSSR count). The van der Waals surface area contributed by atoms with Gasteiger partial charge in [0, 0.05) is 19.0 Å². The molecule has 14 heteroatoms. The molecule has 4 amide bonds. The molecule has 3 unspecified atom stereocenters. The predicted molar refractivity (Wildman–Crippen MR) is 147 cm³/mol. The van der Waals surface area contributed by atoms with Gasteiger partial charge in [-0.15, -0.1) is 0 Å². The molecular weight excluding hydrogens is 522 g/mol. The number of hydrogen-bond acceptors (Lipinski definition) is 8. The van der Waals surface area contributed by atoms with Gasteiger partial charge in [0.25, 0.3) is 5.91 Å². The summed E-state index contributed by atoms with van der Waals surface area (Å²) < 4.78 is 4.74. The molecule has 4 atom stereocenters. The number of hydrogen-bond donors (Lipinski definition) is 5. The second-order valence-corrected chi connectivity index (χ2v) is 10.2. The number of nitrogens with one attached hydrogen (secondary N) is 2. The van der Waals surface area contributed by atoms with Crippen molar-refractivity contribution < 1.29 is 33.5 Å². The monoisotopic (exact) mass is 567 g/mol. The molecule has 40 heavy (non-hydrogen) atoms. The maximum atomic E-state index is 13.7. The number of nitrogens with two attached hydrogens (primary N) is 3. The van der Waals surface area contributed by atoms with Crippen molar-refractivity contribution in [1.29, 1.82) is 0 Å². The summed E-state index contributed by atoms with van der Waals surface area (Å²) in [5.74, 6) is -5.05. The third-order valence-corrected chi connectivity index (χ3v) is 6.78. The summed E-state index contributed by atoms with van der Waals surface area (Å²) >= 11 is 0. The number of aliphatic imine (C=N–C) groups is 1. The summed E-state index contributed by atoms with van der Waals surface area (Å²) in [6.45, 7) is 6.12. The minimum absolute atomic E-state index is 0.0395. The lowest BCUT2D eigenvalue weighted by Gasteiger charge is -2.30. The Labute approximate surface area is 235 Å². The molecule has 0 bridgehead atoms. The van der Waals surface area contributed by atoms with E-state index in [4.69, 9.17) is 21.9 Å². The smallest absolute Gasteiger partial charge is 0.308 e. The Morgan fingerprint density at radius 3 is 2.12 bits per heavy atom. The van der Waals surface area contributed by atoms with Gasteiger partial charge >= 0.3 is 5.97 Å². The molecule has 1 heterocycles. The number of methoxy groups -OCH3 is 1. The second-order valence-electron chi connectivity index (χ2n) is 10.2. The van der Waals surface area contributed by atoms with Crippen LogP contribution in [-0.4, -0.2) is 84.6 Å². The number of esters is 1. The van der Waals surface area contributed by atoms with E-state index in [1.807, 2.05) is 20.8 Å². The topological polar surface area (TPSA) is 229 Å². The van der Waals surface area contributed by atoms with Gasteiger partial charge in [-0.05, 0) is 38.0 Å². The standard InChI is InChI=1S/C26H45N7O7/c1-5-8-16(9-6-2)23(37)32-18(13-20(34)40-4)25(39)33-14-15(3)12-19(33)24(38)31-17(21(35)22(27)36)10-7-11-30-26(28)29/h15-19H,5-14H2,1-4H3,(H2,27,36)(H,31,38)(H,32,37)(H4,28,29,30)/t15-,17?,18?,19?/m0/s1. The highest BCUT2D eigenvalue weighted by Crippen LogP contribution is 2.25. The van der Waals surface area contributed by atoms with Gasteiger partial charge in [0.1, 0.15) is 12.1 Å². The molecule has 1 saturated heterocycles. The number of ketones is 1. The van der Waals surface area contributed by atoms with Gasteiger partial charge in [-0.1, -0.05) is 33.6 Å². The van der Waals surface area contributed by atoms with Crippen LogP contribution in [0.5, 0.6) is 0 Å². The van der Waals surface area contributed by atoms with Crippen LogP contribution in [0.1, 0.15) is 72.1 Å². The fourth-order valence-corrected chi connectivity index (χ4v) is 4.79. The zero-order valence-electron chi connectivity index (χ0n) is 23.9. The van der Waals surface area contributed by atoms with Gasteiger partial charge in [-0.2, -0.15) is 0 Å². The van der Waals surface area contributed by atoms with Crippen LogP contribution in [0.2, 0.25) is 0 Å². The van der Waals surface area contributed by atoms with Crippen LogP contribution < -0.4 is 27.8 Å². The lowest BCUT2D eigenvalue weighted by molar-refractivity contribution is -0.148. The molecule has 0 aromatic rings. The highest BCUT2D eigenvalue weighted by Gasteiger charge is 2.42. The van der Waals surface area contributed by atoms with E-state index in [0.29, 0.717) is 12.8 Å². The summed E-state index contributed by atoms with van der Waals surface area (Å²) in [4.78, 5) is 81.3. The van der Waals surface area contributed by atoms with Crippen molar-refractivity contribution in [1.82, 2.24) is 15.5 Å². The van der Waals surface area contributed by atoms with Gasteiger partial charge < -0.3 is 37.5 Å². The van der Waals surface area contributed by atoms with Crippen molar-refractivity contribution in [2.45, 2.75) is 90.3 Å². The summed E-state index contributed by atoms with van der Waals surface area (Å²) in [6, 6.07) is -3.47. The molecule has 226 valence electrons. The zero-order valence-corrected chi connectivity index (χ0v) is 23.9. The molecule has 0 aromatic heterocycles. The zero-order chi connectivity index (χ0) is 30.4. The van der Waals surface area contributed by atoms with E-state index in [-0.39, 0.29) is 56.1 Å². The van der Waals surface area contributed by atoms with Crippen LogP contribution in [0.25, 0.3) is 0 Å². The normalized spacial score (nSPS) is 18.0. The van der Waals surface area contributed by atoms with Crippen molar-refractivity contribution >= 4 is 41.3 Å². The Kier molecular flexibility index (Phi) is 14.7. The van der Waals surface area contributed by atoms with E-state index in [2.05, 4.69) is 15.6 Å². The van der Waals surface area contributed by atoms with E-state index in [9.17, 15) is 28.8 Å². The number of likely N-dealkylation sites (tertiary alicyclic amines) is 1. The highest BCUT2D eigenvalue weighted by atomic mass is 16.5. The van der Waals surface area contributed by atoms with E-state index >= 15 is 0 Å². The summed E-state index contributed by atoms with van der Waals surface area (Å²) in [6.07, 6.45) is 2.99. The van der Waals surface area contributed by atoms with Gasteiger partial charge in [0.2, 0.25) is 23.5 Å². The van der Waals surface area contributed by atoms with Crippen molar-refractivity contribution in [3.05, 3.63) is 0 Å². The molecular formula is C26H45N7O7. The minimum atomic E-state index is -1.24. The van der Waals surface area contributed by atoms with Gasteiger partial charge in [0.15, 0.2) is 5.96 Å². The third-order valence-electron chi connectivity index (χ3n) is 6.78. The Morgan fingerprint density at radius 2 is 1.60 bits per heavy atom. The molecule has 0 aromatic carbocycles. The van der Waals surface area contributed by atoms with Crippen molar-refractivity contribution in [2.75, 3.05) is 20.2 Å². The number of amides is 4. The Morgan fingerprint density at radius 1 is 0.975 bits per heavy atom. The van der Waals surface area contributed by atoms with Crippen molar-refractivity contribution in [2.24, 2.45) is 34.0 Å². The molecule has 1 fully saturated rings. The lowest BCUT2D eigenvalue weighted by atomic mass is 9.96. The molecule has 0 spiro atoms. The molecule has 1 aliphatic heterocycles. The van der Waals surface area contributed by atoms with Crippen molar-refractivity contribution in [3.63, 3.8) is 0 Å². The average Bonchev–Trinajstić information content (AvgIpc) is 3.30. The van der Waals surface area contributed by atoms with Crippen LogP contribution in [-0.2, 0) is 33.5 Å². The first-order valence-electron chi connectivity index (χ1n) is 13.7. The van der Waals surface area contributed by atoms with Crippen LogP contribution >= 0.6 is 0 Å². The van der Waals surface area contributed by atoms with E-state index < -0.39 is 54.0 Å². The predicted octanol–water partition coefficient (Wildman–Crippen LogP) is -0.919. The average molecular weight is 568 g/mol. The Bertz CT molecular complexity index is 946. The van der Waals surface area contributed by atoms with Crippen molar-refractivity contribution in [3.8, 4) is 0 Å². The summed E-state index contributed by atoms with van der Waals surface area (Å²) in [7, 11) is 1.18. The molecule has 1 aliphatic rings. The van der Waals surface area contributed by atoms with Crippen LogP contribution in [0, 0.1) is 11.8 Å². The fraction of sp³-hybridized carbons (Fsp3) is 0.731. The van der Waals surface area contributed by atoms with Crippen LogP contribution in [0.4, 0.5) is 0 Å². The number of Topliss-reactive ketones (excluding diaryl/α,β-unsaturated/α-hetero) is 1. The van der Waals surface area contributed by atoms with E-state index in [1.165, 1.54) is 12.0 Å². The quantitative estimate of drug-likeness (QED) is 0.0480. The lowest BCUT2D eigenvalue weighted by Crippen LogP contribution is -2.56. The SMILES string of the molecule is CCCC(CCC)C(=O)NC(CC(=O)OC)C(=O)N1C[C@@H](C)CC1C(=O)NC(CCCN=C(N)N)C(=O)C(N)=O. The van der Waals surface area contributed by atoms with Gasteiger partial charge in [-0.25, -0.2) is 0 Å². The first kappa shape index (κ1) is 34.3. The Balaban J connectivity index is 3.15. The maximum Gasteiger partial charge on any atom is 0.308 e. The molecule has 14 nitrogen and oxygen atoms in total. The van der Waals surface area contributed by atoms with Gasteiger partial charge in [-0.3, -0.25) is 33.8 Å². The van der Waals surface area contributed by atoms with E-state index in [0.717, 1.165) is 12.8 Å². The summed E-state index contributed by atoms with van der Waals surface area (Å²) in [5, 5.41) is 5.25. The molecule has 8 N–H and O–H groups in total. The third kappa shape index (κ3) is 10.8. The maximum absolute atomic E-state index is 13.7. The second kappa shape index (κ2) is 17.1. The highest BCUT2D eigenvalue weighted by molar-refractivity contribution is 6.37. The molecule has 0 saturated carbocycles. The molecule has 0 radical (unpaired) electrons. The Hall–Kier alpha value is -3.71. The first-order valence-corrected chi connectivity index (χ1v) is 13.7. The fourth-order valence-electron chi connectivity index (χ4n) is 4.79. The van der Waals surface area contributed by atoms with Gasteiger partial charge in [0.05, 0.1) is 19.6 Å². The van der Waals surface area contributed by atoms with Crippen LogP contribution in [0.3, 0.4) is 0 Å². The minimum Gasteiger partial charge on any atom is -0.469 e. The first-order chi connectivity index (χ1) is 18.9. The largest absolute Gasteiger partial charge is 0.469 e. The number of ether oxygens (including phenoxy) is 1. The summed E-state index contributed by atoms with van der Waals surface area (Å²) in [5.41, 5.74) is 15.8. The number of primary amides is 1. The number of guanidine groups is 1. The molecule has 0 aliphatic carbocycles. The number of rotatable bonds is 17. The van der Waals surface area contributed by atoms with E-state index in [1.54, 1.807) is 0 Å².